The summed E-state index contributed by atoms with van der Waals surface area (Å²) >= 11 is 0. The Balaban J connectivity index is 1.39. The molecule has 186 valence electrons. The molecule has 2 heterocycles. The SMILES string of the molecule is COc1ccc(OC)c(-n2c(C[NH2+]C3CC[NH+](Cc4ccccc4)CC3)nc3ccccc3c2=O)c1. The van der Waals surface area contributed by atoms with Gasteiger partial charge in [-0.05, 0) is 24.3 Å². The molecule has 0 atom stereocenters. The van der Waals surface area contributed by atoms with Crippen LogP contribution in [-0.2, 0) is 13.1 Å². The smallest absolute Gasteiger partial charge is 0.266 e. The van der Waals surface area contributed by atoms with Crippen LogP contribution in [0.25, 0.3) is 16.6 Å². The van der Waals surface area contributed by atoms with Crippen molar-refractivity contribution in [1.29, 1.82) is 0 Å². The van der Waals surface area contributed by atoms with Gasteiger partial charge in [-0.3, -0.25) is 9.36 Å². The first kappa shape index (κ1) is 24.0. The second kappa shape index (κ2) is 10.9. The molecule has 7 heteroatoms. The number of ether oxygens (including phenoxy) is 2. The zero-order valence-electron chi connectivity index (χ0n) is 20.9. The lowest BCUT2D eigenvalue weighted by Gasteiger charge is -2.28. The number of quaternary nitrogens is 2. The largest absolute Gasteiger partial charge is 0.497 e. The van der Waals surface area contributed by atoms with E-state index < -0.39 is 0 Å². The third-order valence-electron chi connectivity index (χ3n) is 7.14. The molecule has 1 fully saturated rings. The van der Waals surface area contributed by atoms with Crippen molar-refractivity contribution in [1.82, 2.24) is 9.55 Å². The van der Waals surface area contributed by atoms with Crippen LogP contribution in [0.5, 0.6) is 11.5 Å². The second-order valence-corrected chi connectivity index (χ2v) is 9.41. The van der Waals surface area contributed by atoms with Crippen molar-refractivity contribution in [3.8, 4) is 17.2 Å². The van der Waals surface area contributed by atoms with Gasteiger partial charge in [0.05, 0.1) is 49.9 Å². The molecular formula is C29H34N4O3+2. The van der Waals surface area contributed by atoms with Crippen LogP contribution in [0.4, 0.5) is 0 Å². The molecule has 3 N–H and O–H groups in total. The molecule has 3 aromatic carbocycles. The van der Waals surface area contributed by atoms with Gasteiger partial charge in [-0.15, -0.1) is 0 Å². The summed E-state index contributed by atoms with van der Waals surface area (Å²) in [5.41, 5.74) is 2.65. The fourth-order valence-corrected chi connectivity index (χ4v) is 5.15. The highest BCUT2D eigenvalue weighted by Gasteiger charge is 2.26. The summed E-state index contributed by atoms with van der Waals surface area (Å²) in [6.07, 6.45) is 2.28. The molecule has 36 heavy (non-hydrogen) atoms. The highest BCUT2D eigenvalue weighted by Crippen LogP contribution is 2.28. The highest BCUT2D eigenvalue weighted by atomic mass is 16.5. The molecule has 1 saturated heterocycles. The van der Waals surface area contributed by atoms with Crippen molar-refractivity contribution < 1.29 is 19.7 Å². The van der Waals surface area contributed by atoms with Crippen molar-refractivity contribution in [2.75, 3.05) is 27.3 Å². The Bertz CT molecular complexity index is 1380. The normalized spacial score (nSPS) is 17.7. The Kier molecular flexibility index (Phi) is 7.30. The van der Waals surface area contributed by atoms with Gasteiger partial charge in [0.2, 0.25) is 0 Å². The molecule has 0 aliphatic carbocycles. The van der Waals surface area contributed by atoms with E-state index in [1.54, 1.807) is 23.7 Å². The van der Waals surface area contributed by atoms with Crippen LogP contribution in [0.1, 0.15) is 24.2 Å². The lowest BCUT2D eigenvalue weighted by molar-refractivity contribution is -0.926. The first-order chi connectivity index (χ1) is 17.7. The summed E-state index contributed by atoms with van der Waals surface area (Å²) in [4.78, 5) is 20.3. The maximum Gasteiger partial charge on any atom is 0.266 e. The third kappa shape index (κ3) is 5.12. The number of piperidine rings is 1. The van der Waals surface area contributed by atoms with Crippen molar-refractivity contribution in [2.45, 2.75) is 32.0 Å². The molecule has 0 saturated carbocycles. The first-order valence-corrected chi connectivity index (χ1v) is 12.6. The predicted octanol–water partition coefficient (Wildman–Crippen LogP) is 1.71. The van der Waals surface area contributed by atoms with Gasteiger partial charge in [0.1, 0.15) is 24.6 Å². The Morgan fingerprint density at radius 2 is 1.72 bits per heavy atom. The molecule has 0 unspecified atom stereocenters. The summed E-state index contributed by atoms with van der Waals surface area (Å²) in [5, 5.41) is 2.93. The van der Waals surface area contributed by atoms with Gasteiger partial charge in [-0.2, -0.15) is 0 Å². The van der Waals surface area contributed by atoms with Crippen molar-refractivity contribution in [3.63, 3.8) is 0 Å². The number of likely N-dealkylation sites (tertiary alicyclic amines) is 1. The summed E-state index contributed by atoms with van der Waals surface area (Å²) in [7, 11) is 3.23. The molecule has 1 aliphatic heterocycles. The number of aromatic nitrogens is 2. The van der Waals surface area contributed by atoms with Gasteiger partial charge in [0, 0.05) is 24.5 Å². The summed E-state index contributed by atoms with van der Waals surface area (Å²) < 4.78 is 12.8. The van der Waals surface area contributed by atoms with E-state index in [0.717, 1.165) is 32.5 Å². The molecule has 5 rings (SSSR count). The second-order valence-electron chi connectivity index (χ2n) is 9.41. The topological polar surface area (TPSA) is 74.4 Å². The van der Waals surface area contributed by atoms with Crippen LogP contribution in [0.2, 0.25) is 0 Å². The zero-order chi connectivity index (χ0) is 24.9. The monoisotopic (exact) mass is 486 g/mol. The van der Waals surface area contributed by atoms with Crippen LogP contribution in [-0.4, -0.2) is 42.9 Å². The number of nitrogens with one attached hydrogen (secondary N) is 1. The molecule has 1 aliphatic rings. The number of nitrogens with two attached hydrogens (primary N) is 1. The number of methoxy groups -OCH3 is 2. The van der Waals surface area contributed by atoms with E-state index in [4.69, 9.17) is 14.5 Å². The zero-order valence-corrected chi connectivity index (χ0v) is 20.9. The van der Waals surface area contributed by atoms with Crippen molar-refractivity contribution in [3.05, 3.63) is 94.5 Å². The van der Waals surface area contributed by atoms with Gasteiger partial charge in [-0.25, -0.2) is 4.98 Å². The molecular weight excluding hydrogens is 452 g/mol. The molecule has 0 spiro atoms. The van der Waals surface area contributed by atoms with Gasteiger partial charge in [0.15, 0.2) is 5.82 Å². The number of hydrogen-bond acceptors (Lipinski definition) is 4. The molecule has 1 aromatic heterocycles. The molecule has 4 aromatic rings. The van der Waals surface area contributed by atoms with Crippen molar-refractivity contribution >= 4 is 10.9 Å². The van der Waals surface area contributed by atoms with Crippen LogP contribution in [0.15, 0.2) is 77.6 Å². The first-order valence-electron chi connectivity index (χ1n) is 12.6. The van der Waals surface area contributed by atoms with E-state index in [1.807, 2.05) is 42.5 Å². The van der Waals surface area contributed by atoms with Gasteiger partial charge in [-0.1, -0.05) is 42.5 Å². The average Bonchev–Trinajstić information content (AvgIpc) is 2.93. The summed E-state index contributed by atoms with van der Waals surface area (Å²) in [5.74, 6) is 1.98. The van der Waals surface area contributed by atoms with E-state index in [2.05, 4.69) is 35.6 Å². The van der Waals surface area contributed by atoms with Gasteiger partial charge in [0.25, 0.3) is 5.56 Å². The number of rotatable bonds is 8. The van der Waals surface area contributed by atoms with Crippen LogP contribution >= 0.6 is 0 Å². The molecule has 0 radical (unpaired) electrons. The predicted molar refractivity (Wildman–Crippen MR) is 140 cm³/mol. The Morgan fingerprint density at radius 1 is 0.972 bits per heavy atom. The number of nitrogens with zero attached hydrogens (tertiary/aromatic N) is 2. The Labute approximate surface area is 211 Å². The van der Waals surface area contributed by atoms with E-state index in [-0.39, 0.29) is 5.56 Å². The fraction of sp³-hybridized carbons (Fsp3) is 0.310. The fourth-order valence-electron chi connectivity index (χ4n) is 5.15. The minimum atomic E-state index is -0.0994. The molecule has 0 bridgehead atoms. The lowest BCUT2D eigenvalue weighted by atomic mass is 10.0. The standard InChI is InChI=1S/C29H32N4O3/c1-35-23-12-13-27(36-2)26(18-23)33-28(31-25-11-7-6-10-24(25)29(33)34)19-30-22-14-16-32(17-15-22)20-21-8-4-3-5-9-21/h3-13,18,22,30H,14-17,19-20H2,1-2H3/p+2. The molecule has 0 amide bonds. The average molecular weight is 487 g/mol. The highest BCUT2D eigenvalue weighted by molar-refractivity contribution is 5.78. The number of hydrogen-bond donors (Lipinski definition) is 2. The van der Waals surface area contributed by atoms with E-state index in [0.29, 0.717) is 46.5 Å². The maximum atomic E-state index is 13.7. The van der Waals surface area contributed by atoms with Crippen molar-refractivity contribution in [2.24, 2.45) is 0 Å². The van der Waals surface area contributed by atoms with Gasteiger partial charge < -0.3 is 19.7 Å². The number of benzene rings is 3. The van der Waals surface area contributed by atoms with E-state index in [1.165, 1.54) is 5.56 Å². The van der Waals surface area contributed by atoms with Crippen LogP contribution < -0.4 is 25.2 Å². The van der Waals surface area contributed by atoms with E-state index in [9.17, 15) is 4.79 Å². The quantitative estimate of drug-likeness (QED) is 0.398. The minimum absolute atomic E-state index is 0.0994. The number of fused-ring (bicyclic) bond motifs is 1. The number of para-hydroxylation sites is 1. The maximum absolute atomic E-state index is 13.7. The minimum Gasteiger partial charge on any atom is -0.497 e. The Hall–Kier alpha value is -3.68. The van der Waals surface area contributed by atoms with Gasteiger partial charge >= 0.3 is 0 Å². The Morgan fingerprint density at radius 3 is 2.47 bits per heavy atom. The molecule has 7 nitrogen and oxygen atoms in total. The summed E-state index contributed by atoms with van der Waals surface area (Å²) in [6.45, 7) is 3.99. The van der Waals surface area contributed by atoms with E-state index >= 15 is 0 Å². The van der Waals surface area contributed by atoms with Crippen LogP contribution in [0.3, 0.4) is 0 Å². The third-order valence-corrected chi connectivity index (χ3v) is 7.14. The van der Waals surface area contributed by atoms with Crippen LogP contribution in [0, 0.1) is 0 Å². The summed E-state index contributed by atoms with van der Waals surface area (Å²) in [6, 6.07) is 24.2. The lowest BCUT2D eigenvalue weighted by Crippen LogP contribution is -3.13.